The van der Waals surface area contributed by atoms with E-state index >= 15 is 0 Å². The summed E-state index contributed by atoms with van der Waals surface area (Å²) >= 11 is 0. The van der Waals surface area contributed by atoms with E-state index in [1.54, 1.807) is 12.3 Å². The Morgan fingerprint density at radius 2 is 2.44 bits per heavy atom. The minimum absolute atomic E-state index is 0.140. The highest BCUT2D eigenvalue weighted by Crippen LogP contribution is 2.18. The normalized spacial score (nSPS) is 19.9. The lowest BCUT2D eigenvalue weighted by Crippen LogP contribution is -2.42. The number of pyridine rings is 1. The van der Waals surface area contributed by atoms with Gasteiger partial charge >= 0.3 is 0 Å². The molecule has 1 fully saturated rings. The fourth-order valence-electron chi connectivity index (χ4n) is 2.57. The van der Waals surface area contributed by atoms with E-state index in [9.17, 15) is 4.79 Å². The first-order valence-electron chi connectivity index (χ1n) is 6.57. The van der Waals surface area contributed by atoms with Crippen LogP contribution < -0.4 is 5.32 Å². The Morgan fingerprint density at radius 3 is 3.17 bits per heavy atom. The van der Waals surface area contributed by atoms with Crippen LogP contribution in [-0.4, -0.2) is 42.5 Å². The summed E-state index contributed by atoms with van der Waals surface area (Å²) in [5.74, 6) is 0.719. The molecule has 2 rings (SSSR count). The Bertz CT molecular complexity index is 417. The maximum Gasteiger partial charge on any atom is 0.253 e. The molecule has 4 nitrogen and oxygen atoms in total. The third-order valence-corrected chi connectivity index (χ3v) is 3.44. The number of nitrogens with one attached hydrogen (secondary N) is 1. The number of amides is 1. The Balaban J connectivity index is 2.04. The largest absolute Gasteiger partial charge is 0.338 e. The monoisotopic (exact) mass is 247 g/mol. The molecule has 1 atom stereocenters. The van der Waals surface area contributed by atoms with Crippen molar-refractivity contribution in [1.29, 1.82) is 0 Å². The van der Waals surface area contributed by atoms with E-state index < -0.39 is 0 Å². The van der Waals surface area contributed by atoms with Crippen LogP contribution in [0.25, 0.3) is 0 Å². The van der Waals surface area contributed by atoms with Crippen molar-refractivity contribution in [2.45, 2.75) is 19.8 Å². The van der Waals surface area contributed by atoms with Gasteiger partial charge in [-0.3, -0.25) is 9.78 Å². The summed E-state index contributed by atoms with van der Waals surface area (Å²) in [6, 6.07) is 3.67. The number of hydrogen-bond donors (Lipinski definition) is 1. The van der Waals surface area contributed by atoms with Gasteiger partial charge in [-0.05, 0) is 51.4 Å². The Kier molecular flexibility index (Phi) is 4.31. The molecule has 2 heterocycles. The molecule has 1 unspecified atom stereocenters. The lowest BCUT2D eigenvalue weighted by molar-refractivity contribution is 0.0674. The number of likely N-dealkylation sites (tertiary alicyclic amines) is 1. The average molecular weight is 247 g/mol. The smallest absolute Gasteiger partial charge is 0.253 e. The number of carbonyl (C=O) groups is 1. The fraction of sp³-hybridized carbons (Fsp3) is 0.571. The van der Waals surface area contributed by atoms with Crippen LogP contribution in [0.3, 0.4) is 0 Å². The second-order valence-electron chi connectivity index (χ2n) is 5.00. The summed E-state index contributed by atoms with van der Waals surface area (Å²) in [5, 5.41) is 3.20. The predicted octanol–water partition coefficient (Wildman–Crippen LogP) is 1.46. The summed E-state index contributed by atoms with van der Waals surface area (Å²) in [4.78, 5) is 18.5. The fourth-order valence-corrected chi connectivity index (χ4v) is 2.57. The van der Waals surface area contributed by atoms with E-state index in [1.165, 1.54) is 6.42 Å². The van der Waals surface area contributed by atoms with Crippen LogP contribution in [0.5, 0.6) is 0 Å². The van der Waals surface area contributed by atoms with Crippen molar-refractivity contribution in [3.63, 3.8) is 0 Å². The molecule has 1 aliphatic heterocycles. The molecule has 0 radical (unpaired) electrons. The molecule has 1 aliphatic rings. The zero-order valence-electron chi connectivity index (χ0n) is 11.1. The van der Waals surface area contributed by atoms with Crippen molar-refractivity contribution in [2.24, 2.45) is 5.92 Å². The van der Waals surface area contributed by atoms with Crippen LogP contribution >= 0.6 is 0 Å². The molecule has 98 valence electrons. The first-order chi connectivity index (χ1) is 8.70. The van der Waals surface area contributed by atoms with E-state index in [2.05, 4.69) is 10.3 Å². The molecular formula is C14H21N3O. The zero-order chi connectivity index (χ0) is 13.0. The maximum atomic E-state index is 12.4. The number of carbonyl (C=O) groups excluding carboxylic acids is 1. The van der Waals surface area contributed by atoms with Crippen LogP contribution in [0.4, 0.5) is 0 Å². The maximum absolute atomic E-state index is 12.4. The van der Waals surface area contributed by atoms with Crippen molar-refractivity contribution in [1.82, 2.24) is 15.2 Å². The van der Waals surface area contributed by atoms with Gasteiger partial charge < -0.3 is 10.2 Å². The molecular weight excluding hydrogens is 226 g/mol. The molecule has 1 saturated heterocycles. The van der Waals surface area contributed by atoms with Crippen molar-refractivity contribution in [3.8, 4) is 0 Å². The SMILES string of the molecule is CNCC1CCCN(C(=O)c2ccnc(C)c2)C1. The van der Waals surface area contributed by atoms with Gasteiger partial charge in [0.15, 0.2) is 0 Å². The molecule has 18 heavy (non-hydrogen) atoms. The highest BCUT2D eigenvalue weighted by molar-refractivity contribution is 5.94. The van der Waals surface area contributed by atoms with Crippen LogP contribution in [0.15, 0.2) is 18.3 Å². The predicted molar refractivity (Wildman–Crippen MR) is 71.5 cm³/mol. The minimum Gasteiger partial charge on any atom is -0.338 e. The van der Waals surface area contributed by atoms with Crippen LogP contribution in [-0.2, 0) is 0 Å². The first kappa shape index (κ1) is 13.0. The van der Waals surface area contributed by atoms with Crippen molar-refractivity contribution >= 4 is 5.91 Å². The average Bonchev–Trinajstić information content (AvgIpc) is 2.39. The van der Waals surface area contributed by atoms with Crippen molar-refractivity contribution in [2.75, 3.05) is 26.7 Å². The first-order valence-corrected chi connectivity index (χ1v) is 6.57. The van der Waals surface area contributed by atoms with E-state index in [1.807, 2.05) is 24.9 Å². The van der Waals surface area contributed by atoms with Crippen LogP contribution in [0.1, 0.15) is 28.9 Å². The molecule has 0 aromatic carbocycles. The molecule has 0 aliphatic carbocycles. The van der Waals surface area contributed by atoms with Gasteiger partial charge in [0, 0.05) is 30.5 Å². The number of nitrogens with zero attached hydrogens (tertiary/aromatic N) is 2. The Morgan fingerprint density at radius 1 is 1.61 bits per heavy atom. The Hall–Kier alpha value is -1.42. The number of aryl methyl sites for hydroxylation is 1. The summed E-state index contributed by atoms with van der Waals surface area (Å²) < 4.78 is 0. The summed E-state index contributed by atoms with van der Waals surface area (Å²) in [7, 11) is 1.97. The molecule has 1 amide bonds. The van der Waals surface area contributed by atoms with Gasteiger partial charge in [0.05, 0.1) is 0 Å². The number of hydrogen-bond acceptors (Lipinski definition) is 3. The summed E-state index contributed by atoms with van der Waals surface area (Å²) in [6.07, 6.45) is 4.01. The Labute approximate surface area is 108 Å². The lowest BCUT2D eigenvalue weighted by Gasteiger charge is -2.32. The molecule has 0 spiro atoms. The van der Waals surface area contributed by atoms with E-state index in [0.717, 1.165) is 37.3 Å². The van der Waals surface area contributed by atoms with Gasteiger partial charge in [-0.25, -0.2) is 0 Å². The molecule has 0 bridgehead atoms. The topological polar surface area (TPSA) is 45.2 Å². The molecule has 1 aromatic heterocycles. The second kappa shape index (κ2) is 5.96. The molecule has 1 N–H and O–H groups in total. The van der Waals surface area contributed by atoms with Gasteiger partial charge in [-0.1, -0.05) is 0 Å². The quantitative estimate of drug-likeness (QED) is 0.879. The minimum atomic E-state index is 0.140. The highest BCUT2D eigenvalue weighted by Gasteiger charge is 2.23. The van der Waals surface area contributed by atoms with E-state index in [4.69, 9.17) is 0 Å². The molecule has 0 saturated carbocycles. The van der Waals surface area contributed by atoms with E-state index in [-0.39, 0.29) is 5.91 Å². The van der Waals surface area contributed by atoms with Crippen molar-refractivity contribution < 1.29 is 4.79 Å². The highest BCUT2D eigenvalue weighted by atomic mass is 16.2. The lowest BCUT2D eigenvalue weighted by atomic mass is 9.97. The van der Waals surface area contributed by atoms with Gasteiger partial charge in [0.1, 0.15) is 0 Å². The third kappa shape index (κ3) is 3.07. The number of piperidine rings is 1. The van der Waals surface area contributed by atoms with Crippen LogP contribution in [0, 0.1) is 12.8 Å². The number of aromatic nitrogens is 1. The standard InChI is InChI=1S/C14H21N3O/c1-11-8-13(5-6-16-11)14(18)17-7-3-4-12(10-17)9-15-2/h5-6,8,12,15H,3-4,7,9-10H2,1-2H3. The summed E-state index contributed by atoms with van der Waals surface area (Å²) in [6.45, 7) is 4.64. The van der Waals surface area contributed by atoms with Gasteiger partial charge in [-0.15, -0.1) is 0 Å². The van der Waals surface area contributed by atoms with Gasteiger partial charge in [0.25, 0.3) is 5.91 Å². The van der Waals surface area contributed by atoms with Crippen LogP contribution in [0.2, 0.25) is 0 Å². The van der Waals surface area contributed by atoms with Gasteiger partial charge in [-0.2, -0.15) is 0 Å². The molecule has 4 heteroatoms. The van der Waals surface area contributed by atoms with E-state index in [0.29, 0.717) is 5.92 Å². The third-order valence-electron chi connectivity index (χ3n) is 3.44. The summed E-state index contributed by atoms with van der Waals surface area (Å²) in [5.41, 5.74) is 1.65. The number of rotatable bonds is 3. The molecule has 1 aromatic rings. The van der Waals surface area contributed by atoms with Crippen molar-refractivity contribution in [3.05, 3.63) is 29.6 Å². The second-order valence-corrected chi connectivity index (χ2v) is 5.00. The van der Waals surface area contributed by atoms with Gasteiger partial charge in [0.2, 0.25) is 0 Å². The zero-order valence-corrected chi connectivity index (χ0v) is 11.1.